The van der Waals surface area contributed by atoms with Gasteiger partial charge in [-0.05, 0) is 80.1 Å². The first-order chi connectivity index (χ1) is 21.6. The van der Waals surface area contributed by atoms with Crippen molar-refractivity contribution in [1.29, 1.82) is 0 Å². The van der Waals surface area contributed by atoms with Crippen LogP contribution in [0.1, 0.15) is 66.9 Å². The van der Waals surface area contributed by atoms with Crippen LogP contribution in [0.15, 0.2) is 85.1 Å². The monoisotopic (exact) mass is 600 g/mol. The maximum Gasteiger partial charge on any atom is 0.328 e. The van der Waals surface area contributed by atoms with Crippen LogP contribution in [0.4, 0.5) is 5.69 Å². The summed E-state index contributed by atoms with van der Waals surface area (Å²) in [4.78, 5) is 42.3. The summed E-state index contributed by atoms with van der Waals surface area (Å²) in [7, 11) is 2.06. The molecule has 0 aliphatic heterocycles. The van der Waals surface area contributed by atoms with Crippen LogP contribution in [-0.4, -0.2) is 38.0 Å². The van der Waals surface area contributed by atoms with Gasteiger partial charge in [-0.25, -0.2) is 4.79 Å². The van der Waals surface area contributed by atoms with Gasteiger partial charge < -0.3 is 20.3 Å². The van der Waals surface area contributed by atoms with Crippen LogP contribution in [0, 0.1) is 0 Å². The molecule has 0 bridgehead atoms. The van der Waals surface area contributed by atoms with Gasteiger partial charge in [0, 0.05) is 52.4 Å². The smallest absolute Gasteiger partial charge is 0.328 e. The molecule has 8 nitrogen and oxygen atoms in total. The Morgan fingerprint density at radius 3 is 2.44 bits per heavy atom. The fourth-order valence-electron chi connectivity index (χ4n) is 6.40. The molecule has 1 fully saturated rings. The van der Waals surface area contributed by atoms with Gasteiger partial charge in [-0.2, -0.15) is 0 Å². The number of hydrogen-bond donors (Lipinski definition) is 3. The average Bonchev–Trinajstić information content (AvgIpc) is 3.66. The van der Waals surface area contributed by atoms with Crippen molar-refractivity contribution in [2.75, 3.05) is 5.32 Å². The number of nitrogens with one attached hydrogen (secondary N) is 2. The van der Waals surface area contributed by atoms with Gasteiger partial charge in [-0.15, -0.1) is 0 Å². The second-order valence-electron chi connectivity index (χ2n) is 12.2. The van der Waals surface area contributed by atoms with E-state index in [1.54, 1.807) is 38.1 Å². The van der Waals surface area contributed by atoms with Gasteiger partial charge in [0.25, 0.3) is 5.91 Å². The molecule has 1 aliphatic rings. The lowest BCUT2D eigenvalue weighted by molar-refractivity contribution is -0.131. The zero-order valence-corrected chi connectivity index (χ0v) is 25.6. The molecular formula is C37H36N4O4. The Balaban J connectivity index is 1.29. The van der Waals surface area contributed by atoms with Crippen molar-refractivity contribution in [2.24, 2.45) is 7.05 Å². The Labute approximate surface area is 261 Å². The summed E-state index contributed by atoms with van der Waals surface area (Å²) in [6.45, 7) is 3.32. The number of carboxylic acid groups (broad SMARTS) is 1. The first-order valence-corrected chi connectivity index (χ1v) is 15.2. The number of nitrogens with zero attached hydrogens (tertiary/aromatic N) is 2. The molecular weight excluding hydrogens is 564 g/mol. The van der Waals surface area contributed by atoms with E-state index in [-0.39, 0.29) is 11.8 Å². The van der Waals surface area contributed by atoms with E-state index in [4.69, 9.17) is 10.1 Å². The maximum absolute atomic E-state index is 13.6. The number of hydrogen-bond acceptors (Lipinski definition) is 4. The molecule has 1 aliphatic carbocycles. The highest BCUT2D eigenvalue weighted by Crippen LogP contribution is 2.45. The van der Waals surface area contributed by atoms with E-state index in [0.29, 0.717) is 22.7 Å². The van der Waals surface area contributed by atoms with Gasteiger partial charge >= 0.3 is 5.97 Å². The minimum absolute atomic E-state index is 0.344. The van der Waals surface area contributed by atoms with Gasteiger partial charge in [0.2, 0.25) is 5.91 Å². The van der Waals surface area contributed by atoms with Gasteiger partial charge in [-0.3, -0.25) is 14.6 Å². The number of anilines is 1. The fraction of sp³-hybridized carbons (Fsp3) is 0.243. The SMILES string of the molecule is Cn1c(-c2cccc3cccnc23)c(C2CCCC2)c2ccc(C(=O)NC(C)(C)C(=O)Nc3ccc(/C=C/C(=O)O)cc3)cc21. The Hall–Kier alpha value is -5.24. The highest BCUT2D eigenvalue weighted by molar-refractivity contribution is 6.06. The number of carboxylic acids is 1. The Kier molecular flexibility index (Phi) is 7.97. The molecule has 2 aromatic heterocycles. The summed E-state index contributed by atoms with van der Waals surface area (Å²) in [6, 6.07) is 22.9. The molecule has 8 heteroatoms. The predicted molar refractivity (Wildman–Crippen MR) is 178 cm³/mol. The lowest BCUT2D eigenvalue weighted by atomic mass is 9.91. The van der Waals surface area contributed by atoms with Crippen LogP contribution >= 0.6 is 0 Å². The van der Waals surface area contributed by atoms with Crippen molar-refractivity contribution in [3.05, 3.63) is 102 Å². The molecule has 0 spiro atoms. The molecule has 0 saturated heterocycles. The molecule has 0 atom stereocenters. The number of rotatable bonds is 8. The minimum atomic E-state index is -1.21. The Bertz CT molecular complexity index is 1960. The second-order valence-corrected chi connectivity index (χ2v) is 12.2. The van der Waals surface area contributed by atoms with E-state index < -0.39 is 11.5 Å². The molecule has 1 saturated carbocycles. The fourth-order valence-corrected chi connectivity index (χ4v) is 6.40. The number of carbonyl (C=O) groups is 3. The predicted octanol–water partition coefficient (Wildman–Crippen LogP) is 7.30. The van der Waals surface area contributed by atoms with E-state index in [1.165, 1.54) is 24.5 Å². The second kappa shape index (κ2) is 12.0. The maximum atomic E-state index is 13.6. The van der Waals surface area contributed by atoms with Crippen LogP contribution in [0.25, 0.3) is 39.1 Å². The third kappa shape index (κ3) is 5.96. The summed E-state index contributed by atoms with van der Waals surface area (Å²) < 4.78 is 2.19. The normalized spacial score (nSPS) is 13.9. The van der Waals surface area contributed by atoms with Crippen molar-refractivity contribution in [1.82, 2.24) is 14.9 Å². The zero-order chi connectivity index (χ0) is 31.7. The number of para-hydroxylation sites is 1. The molecule has 45 heavy (non-hydrogen) atoms. The quantitative estimate of drug-likeness (QED) is 0.162. The molecule has 3 N–H and O–H groups in total. The number of aliphatic carboxylic acids is 1. The van der Waals surface area contributed by atoms with Gasteiger partial charge in [0.15, 0.2) is 0 Å². The van der Waals surface area contributed by atoms with Gasteiger partial charge in [0.05, 0.1) is 11.2 Å². The van der Waals surface area contributed by atoms with E-state index >= 15 is 0 Å². The molecule has 5 aromatic rings. The van der Waals surface area contributed by atoms with Gasteiger partial charge in [-0.1, -0.05) is 55.3 Å². The number of aryl methyl sites for hydroxylation is 1. The molecule has 0 unspecified atom stereocenters. The largest absolute Gasteiger partial charge is 0.478 e. The molecule has 6 rings (SSSR count). The lowest BCUT2D eigenvalue weighted by Crippen LogP contribution is -2.52. The Morgan fingerprint density at radius 1 is 0.978 bits per heavy atom. The standard InChI is InChI=1S/C37H36N4O4/c1-37(2,36(45)39-27-17-13-23(14-18-27)15-20-31(42)43)40-35(44)26-16-19-28-30(22-26)41(3)34(32(28)24-8-4-5-9-24)29-12-6-10-25-11-7-21-38-33(25)29/h6-7,10-22,24H,4-5,8-9H2,1-3H3,(H,39,45)(H,40,44)(H,42,43)/b20-15+. The first-order valence-electron chi connectivity index (χ1n) is 15.2. The summed E-state index contributed by atoms with van der Waals surface area (Å²) >= 11 is 0. The number of carbonyl (C=O) groups excluding carboxylic acids is 2. The zero-order valence-electron chi connectivity index (χ0n) is 25.6. The first kappa shape index (κ1) is 29.8. The highest BCUT2D eigenvalue weighted by atomic mass is 16.4. The van der Waals surface area contributed by atoms with E-state index in [9.17, 15) is 14.4 Å². The number of benzene rings is 3. The van der Waals surface area contributed by atoms with Crippen molar-refractivity contribution < 1.29 is 19.5 Å². The van der Waals surface area contributed by atoms with E-state index in [1.807, 2.05) is 30.5 Å². The van der Waals surface area contributed by atoms with Crippen LogP contribution < -0.4 is 10.6 Å². The highest BCUT2D eigenvalue weighted by Gasteiger charge is 2.31. The molecule has 228 valence electrons. The number of fused-ring (bicyclic) bond motifs is 2. The lowest BCUT2D eigenvalue weighted by Gasteiger charge is -2.25. The number of pyridine rings is 1. The molecule has 2 amide bonds. The third-order valence-electron chi connectivity index (χ3n) is 8.73. The number of amides is 2. The van der Waals surface area contributed by atoms with Crippen molar-refractivity contribution in [2.45, 2.75) is 51.0 Å². The van der Waals surface area contributed by atoms with E-state index in [0.717, 1.165) is 52.0 Å². The summed E-state index contributed by atoms with van der Waals surface area (Å²) in [5.74, 6) is -1.32. The van der Waals surface area contributed by atoms with Gasteiger partial charge in [0.1, 0.15) is 5.54 Å². The third-order valence-corrected chi connectivity index (χ3v) is 8.73. The molecule has 3 aromatic carbocycles. The van der Waals surface area contributed by atoms with E-state index in [2.05, 4.69) is 46.5 Å². The average molecular weight is 601 g/mol. The van der Waals surface area contributed by atoms with Crippen molar-refractivity contribution in [3.63, 3.8) is 0 Å². The molecule has 0 radical (unpaired) electrons. The van der Waals surface area contributed by atoms with Crippen molar-refractivity contribution >= 4 is 51.4 Å². The Morgan fingerprint density at radius 2 is 1.71 bits per heavy atom. The minimum Gasteiger partial charge on any atom is -0.478 e. The summed E-state index contributed by atoms with van der Waals surface area (Å²) in [5, 5.41) is 16.8. The molecule has 2 heterocycles. The number of aromatic nitrogens is 2. The summed E-state index contributed by atoms with van der Waals surface area (Å²) in [6.07, 6.45) is 9.04. The van der Waals surface area contributed by atoms with Crippen molar-refractivity contribution in [3.8, 4) is 11.3 Å². The van der Waals surface area contributed by atoms with Crippen LogP contribution in [0.3, 0.4) is 0 Å². The van der Waals surface area contributed by atoms with Crippen LogP contribution in [0.2, 0.25) is 0 Å². The topological polar surface area (TPSA) is 113 Å². The summed E-state index contributed by atoms with van der Waals surface area (Å²) in [5.41, 5.74) is 5.96. The van der Waals surface area contributed by atoms with Crippen LogP contribution in [-0.2, 0) is 16.6 Å². The van der Waals surface area contributed by atoms with Crippen LogP contribution in [0.5, 0.6) is 0 Å².